The van der Waals surface area contributed by atoms with Crippen LogP contribution in [-0.2, 0) is 4.79 Å². The van der Waals surface area contributed by atoms with Crippen LogP contribution in [-0.4, -0.2) is 49.6 Å². The van der Waals surface area contributed by atoms with E-state index in [1.54, 1.807) is 0 Å². The SMILES string of the molecule is CCNC(=O)CCNCC1CCN(C(C)C)C1. The molecule has 0 aromatic heterocycles. The molecule has 0 spiro atoms. The minimum absolute atomic E-state index is 0.148. The summed E-state index contributed by atoms with van der Waals surface area (Å²) in [6.07, 6.45) is 1.88. The fourth-order valence-corrected chi connectivity index (χ4v) is 2.29. The standard InChI is InChI=1S/C13H27N3O/c1-4-15-13(17)5-7-14-9-12-6-8-16(10-12)11(2)3/h11-12,14H,4-10H2,1-3H3,(H,15,17). The Labute approximate surface area is 105 Å². The fourth-order valence-electron chi connectivity index (χ4n) is 2.29. The molecule has 1 aliphatic rings. The minimum Gasteiger partial charge on any atom is -0.356 e. The van der Waals surface area contributed by atoms with Crippen LogP contribution in [0.5, 0.6) is 0 Å². The fraction of sp³-hybridized carbons (Fsp3) is 0.923. The maximum absolute atomic E-state index is 11.2. The van der Waals surface area contributed by atoms with Crippen LogP contribution in [0.3, 0.4) is 0 Å². The second kappa shape index (κ2) is 7.67. The van der Waals surface area contributed by atoms with E-state index in [0.717, 1.165) is 25.6 Å². The highest BCUT2D eigenvalue weighted by atomic mass is 16.1. The van der Waals surface area contributed by atoms with Crippen LogP contribution in [0.25, 0.3) is 0 Å². The molecule has 0 aromatic rings. The molecule has 2 N–H and O–H groups in total. The first-order valence-corrected chi connectivity index (χ1v) is 6.85. The van der Waals surface area contributed by atoms with Crippen LogP contribution in [0.1, 0.15) is 33.6 Å². The third kappa shape index (κ3) is 5.50. The zero-order valence-corrected chi connectivity index (χ0v) is 11.5. The number of hydrogen-bond acceptors (Lipinski definition) is 3. The van der Waals surface area contributed by atoms with Gasteiger partial charge in [0, 0.05) is 32.1 Å². The topological polar surface area (TPSA) is 44.4 Å². The highest BCUT2D eigenvalue weighted by Gasteiger charge is 2.23. The molecule has 4 nitrogen and oxygen atoms in total. The van der Waals surface area contributed by atoms with Crippen LogP contribution in [0, 0.1) is 5.92 Å². The van der Waals surface area contributed by atoms with Gasteiger partial charge in [0.05, 0.1) is 0 Å². The summed E-state index contributed by atoms with van der Waals surface area (Å²) in [6, 6.07) is 0.662. The van der Waals surface area contributed by atoms with Crippen molar-refractivity contribution >= 4 is 5.91 Å². The van der Waals surface area contributed by atoms with Gasteiger partial charge in [0.1, 0.15) is 0 Å². The van der Waals surface area contributed by atoms with Crippen molar-refractivity contribution in [3.05, 3.63) is 0 Å². The van der Waals surface area contributed by atoms with Crippen LogP contribution in [0.2, 0.25) is 0 Å². The largest absolute Gasteiger partial charge is 0.356 e. The van der Waals surface area contributed by atoms with Crippen molar-refractivity contribution in [1.29, 1.82) is 0 Å². The highest BCUT2D eigenvalue weighted by molar-refractivity contribution is 5.75. The molecule has 0 aliphatic carbocycles. The van der Waals surface area contributed by atoms with Crippen molar-refractivity contribution in [2.24, 2.45) is 5.92 Å². The summed E-state index contributed by atoms with van der Waals surface area (Å²) >= 11 is 0. The smallest absolute Gasteiger partial charge is 0.221 e. The maximum Gasteiger partial charge on any atom is 0.221 e. The third-order valence-corrected chi connectivity index (χ3v) is 3.38. The van der Waals surface area contributed by atoms with E-state index in [9.17, 15) is 4.79 Å². The first-order valence-electron chi connectivity index (χ1n) is 6.85. The zero-order chi connectivity index (χ0) is 12.7. The van der Waals surface area contributed by atoms with Gasteiger partial charge in [-0.1, -0.05) is 0 Å². The van der Waals surface area contributed by atoms with Crippen LogP contribution in [0.15, 0.2) is 0 Å². The molecule has 100 valence electrons. The molecule has 1 saturated heterocycles. The van der Waals surface area contributed by atoms with Gasteiger partial charge in [0.15, 0.2) is 0 Å². The van der Waals surface area contributed by atoms with E-state index in [0.29, 0.717) is 12.5 Å². The maximum atomic E-state index is 11.2. The van der Waals surface area contributed by atoms with Crippen LogP contribution < -0.4 is 10.6 Å². The van der Waals surface area contributed by atoms with Gasteiger partial charge in [-0.05, 0) is 46.2 Å². The van der Waals surface area contributed by atoms with Gasteiger partial charge < -0.3 is 15.5 Å². The predicted molar refractivity (Wildman–Crippen MR) is 71.0 cm³/mol. The summed E-state index contributed by atoms with van der Waals surface area (Å²) in [5.74, 6) is 0.905. The second-order valence-electron chi connectivity index (χ2n) is 5.15. The van der Waals surface area contributed by atoms with Crippen molar-refractivity contribution in [3.63, 3.8) is 0 Å². The first-order chi connectivity index (χ1) is 8.13. The van der Waals surface area contributed by atoms with E-state index in [2.05, 4.69) is 29.4 Å². The highest BCUT2D eigenvalue weighted by Crippen LogP contribution is 2.17. The Bertz CT molecular complexity index is 231. The van der Waals surface area contributed by atoms with E-state index in [4.69, 9.17) is 0 Å². The Morgan fingerprint density at radius 2 is 2.24 bits per heavy atom. The first kappa shape index (κ1) is 14.5. The summed E-state index contributed by atoms with van der Waals surface area (Å²) in [7, 11) is 0. The van der Waals surface area contributed by atoms with E-state index in [-0.39, 0.29) is 5.91 Å². The lowest BCUT2D eigenvalue weighted by Crippen LogP contribution is -2.32. The monoisotopic (exact) mass is 241 g/mol. The molecule has 0 bridgehead atoms. The molecule has 1 aliphatic heterocycles. The van der Waals surface area contributed by atoms with Gasteiger partial charge in [-0.2, -0.15) is 0 Å². The van der Waals surface area contributed by atoms with Crippen molar-refractivity contribution in [1.82, 2.24) is 15.5 Å². The van der Waals surface area contributed by atoms with Gasteiger partial charge >= 0.3 is 0 Å². The number of amides is 1. The molecule has 1 rings (SSSR count). The lowest BCUT2D eigenvalue weighted by Gasteiger charge is -2.20. The molecule has 17 heavy (non-hydrogen) atoms. The normalized spacial score (nSPS) is 21.1. The summed E-state index contributed by atoms with van der Waals surface area (Å²) < 4.78 is 0. The number of carbonyl (C=O) groups excluding carboxylic acids is 1. The van der Waals surface area contributed by atoms with Gasteiger partial charge in [-0.3, -0.25) is 4.79 Å². The Kier molecular flexibility index (Phi) is 6.52. The molecule has 0 saturated carbocycles. The predicted octanol–water partition coefficient (Wildman–Crippen LogP) is 0.833. The quantitative estimate of drug-likeness (QED) is 0.649. The Balaban J connectivity index is 2.02. The van der Waals surface area contributed by atoms with E-state index in [1.807, 2.05) is 6.92 Å². The van der Waals surface area contributed by atoms with Crippen molar-refractivity contribution < 1.29 is 4.79 Å². The molecule has 0 radical (unpaired) electrons. The molecule has 1 atom stereocenters. The number of rotatable bonds is 7. The molecule has 1 amide bonds. The lowest BCUT2D eigenvalue weighted by molar-refractivity contribution is -0.120. The number of nitrogens with zero attached hydrogens (tertiary/aromatic N) is 1. The summed E-state index contributed by atoms with van der Waals surface area (Å²) in [5.41, 5.74) is 0. The summed E-state index contributed by atoms with van der Waals surface area (Å²) in [5, 5.41) is 6.20. The number of nitrogens with one attached hydrogen (secondary N) is 2. The van der Waals surface area contributed by atoms with Crippen molar-refractivity contribution in [3.8, 4) is 0 Å². The van der Waals surface area contributed by atoms with Gasteiger partial charge in [0.25, 0.3) is 0 Å². The average molecular weight is 241 g/mol. The minimum atomic E-state index is 0.148. The molecule has 1 heterocycles. The van der Waals surface area contributed by atoms with Gasteiger partial charge in [0.2, 0.25) is 5.91 Å². The Morgan fingerprint density at radius 3 is 2.82 bits per heavy atom. The zero-order valence-electron chi connectivity index (χ0n) is 11.5. The van der Waals surface area contributed by atoms with Crippen LogP contribution >= 0.6 is 0 Å². The van der Waals surface area contributed by atoms with E-state index >= 15 is 0 Å². The molecule has 1 unspecified atom stereocenters. The van der Waals surface area contributed by atoms with E-state index in [1.165, 1.54) is 19.5 Å². The van der Waals surface area contributed by atoms with Gasteiger partial charge in [-0.25, -0.2) is 0 Å². The number of likely N-dealkylation sites (tertiary alicyclic amines) is 1. The van der Waals surface area contributed by atoms with E-state index < -0.39 is 0 Å². The third-order valence-electron chi connectivity index (χ3n) is 3.38. The number of hydrogen-bond donors (Lipinski definition) is 2. The molecule has 0 aromatic carbocycles. The Morgan fingerprint density at radius 1 is 1.47 bits per heavy atom. The van der Waals surface area contributed by atoms with Crippen molar-refractivity contribution in [2.75, 3.05) is 32.7 Å². The van der Waals surface area contributed by atoms with Crippen molar-refractivity contribution in [2.45, 2.75) is 39.7 Å². The summed E-state index contributed by atoms with van der Waals surface area (Å²) in [6.45, 7) is 11.4. The number of carbonyl (C=O) groups is 1. The Hall–Kier alpha value is -0.610. The molecular weight excluding hydrogens is 214 g/mol. The lowest BCUT2D eigenvalue weighted by atomic mass is 10.1. The molecule has 4 heteroatoms. The summed E-state index contributed by atoms with van der Waals surface area (Å²) in [4.78, 5) is 13.7. The molecule has 1 fully saturated rings. The van der Waals surface area contributed by atoms with Gasteiger partial charge in [-0.15, -0.1) is 0 Å². The molecular formula is C13H27N3O. The second-order valence-corrected chi connectivity index (χ2v) is 5.15. The van der Waals surface area contributed by atoms with Crippen LogP contribution in [0.4, 0.5) is 0 Å². The average Bonchev–Trinajstić information content (AvgIpc) is 2.73.